The summed E-state index contributed by atoms with van der Waals surface area (Å²) in [5.41, 5.74) is 4.07. The van der Waals surface area contributed by atoms with E-state index in [0.717, 1.165) is 19.6 Å². The molecule has 1 aliphatic rings. The molecule has 1 N–H and O–H groups in total. The molecule has 2 aromatic carbocycles. The Morgan fingerprint density at radius 1 is 0.909 bits per heavy atom. The van der Waals surface area contributed by atoms with Gasteiger partial charge in [-0.1, -0.05) is 30.3 Å². The van der Waals surface area contributed by atoms with Crippen molar-refractivity contribution in [1.82, 2.24) is 0 Å². The van der Waals surface area contributed by atoms with E-state index in [1.165, 1.54) is 30.0 Å². The van der Waals surface area contributed by atoms with E-state index in [-0.39, 0.29) is 0 Å². The van der Waals surface area contributed by atoms with Crippen LogP contribution in [0.25, 0.3) is 0 Å². The Morgan fingerprint density at radius 3 is 2.14 bits per heavy atom. The summed E-state index contributed by atoms with van der Waals surface area (Å²) in [4.78, 5) is 6.33. The van der Waals surface area contributed by atoms with Gasteiger partial charge in [0.25, 0.3) is 0 Å². The number of nitrogens with zero attached hydrogens (tertiary/aromatic N) is 2. The maximum Gasteiger partial charge on any atom is 0.103 e. The third-order valence-electron chi connectivity index (χ3n) is 4.50. The third-order valence-corrected chi connectivity index (χ3v) is 4.50. The van der Waals surface area contributed by atoms with Crippen LogP contribution in [0.2, 0.25) is 0 Å². The number of hydrogen-bond donors (Lipinski definition) is 1. The van der Waals surface area contributed by atoms with E-state index in [0.29, 0.717) is 0 Å². The highest BCUT2D eigenvalue weighted by Crippen LogP contribution is 2.13. The van der Waals surface area contributed by atoms with E-state index in [1.54, 1.807) is 4.90 Å². The first kappa shape index (κ1) is 14.9. The van der Waals surface area contributed by atoms with Crippen molar-refractivity contribution in [1.29, 1.82) is 0 Å². The van der Waals surface area contributed by atoms with E-state index in [1.807, 2.05) is 0 Å². The van der Waals surface area contributed by atoms with Gasteiger partial charge in [-0.05, 0) is 24.3 Å². The van der Waals surface area contributed by atoms with Gasteiger partial charge in [0.2, 0.25) is 0 Å². The predicted octanol–water partition coefficient (Wildman–Crippen LogP) is 1.66. The largest absolute Gasteiger partial charge is 0.378 e. The monoisotopic (exact) mass is 296 g/mol. The minimum atomic E-state index is 1.14. The fraction of sp³-hybridized carbons (Fsp3) is 0.368. The van der Waals surface area contributed by atoms with Crippen molar-refractivity contribution in [3.05, 3.63) is 60.2 Å². The molecule has 0 bridgehead atoms. The fourth-order valence-electron chi connectivity index (χ4n) is 3.10. The molecule has 1 fully saturated rings. The number of rotatable bonds is 4. The Balaban J connectivity index is 1.53. The molecule has 0 saturated carbocycles. The maximum atomic E-state index is 2.50. The molecular formula is C19H26N3+. The lowest BCUT2D eigenvalue weighted by atomic mass is 10.1. The lowest BCUT2D eigenvalue weighted by Crippen LogP contribution is -3.13. The Morgan fingerprint density at radius 2 is 1.55 bits per heavy atom. The summed E-state index contributed by atoms with van der Waals surface area (Å²) in [5, 5.41) is 0. The van der Waals surface area contributed by atoms with Crippen molar-refractivity contribution in [2.75, 3.05) is 50.1 Å². The van der Waals surface area contributed by atoms with Crippen LogP contribution in [0, 0.1) is 0 Å². The quantitative estimate of drug-likeness (QED) is 0.920. The van der Waals surface area contributed by atoms with Crippen LogP contribution in [-0.2, 0) is 6.54 Å². The first-order valence-electron chi connectivity index (χ1n) is 8.12. The smallest absolute Gasteiger partial charge is 0.103 e. The molecule has 0 amide bonds. The second-order valence-corrected chi connectivity index (χ2v) is 6.31. The Labute approximate surface area is 133 Å². The van der Waals surface area contributed by atoms with Crippen molar-refractivity contribution in [2.45, 2.75) is 6.54 Å². The summed E-state index contributed by atoms with van der Waals surface area (Å²) in [6.07, 6.45) is 0. The molecule has 0 atom stereocenters. The lowest BCUT2D eigenvalue weighted by Gasteiger charge is -2.33. The highest BCUT2D eigenvalue weighted by Gasteiger charge is 2.20. The van der Waals surface area contributed by atoms with Crippen LogP contribution < -0.4 is 14.7 Å². The number of quaternary nitrogens is 1. The first-order valence-corrected chi connectivity index (χ1v) is 8.12. The van der Waals surface area contributed by atoms with Gasteiger partial charge < -0.3 is 14.7 Å². The van der Waals surface area contributed by atoms with E-state index in [9.17, 15) is 0 Å². The van der Waals surface area contributed by atoms with Crippen LogP contribution in [0.4, 0.5) is 11.4 Å². The number of benzene rings is 2. The topological polar surface area (TPSA) is 10.9 Å². The molecule has 0 unspecified atom stereocenters. The van der Waals surface area contributed by atoms with Gasteiger partial charge >= 0.3 is 0 Å². The number of piperazine rings is 1. The number of hydrogen-bond acceptors (Lipinski definition) is 2. The molecule has 0 radical (unpaired) electrons. The summed E-state index contributed by atoms with van der Waals surface area (Å²) in [7, 11) is 4.17. The van der Waals surface area contributed by atoms with Crippen molar-refractivity contribution >= 4 is 11.4 Å². The molecule has 2 aromatic rings. The molecule has 3 nitrogen and oxygen atoms in total. The Bertz CT molecular complexity index is 569. The van der Waals surface area contributed by atoms with Crippen LogP contribution >= 0.6 is 0 Å². The van der Waals surface area contributed by atoms with Crippen LogP contribution in [0.3, 0.4) is 0 Å². The van der Waals surface area contributed by atoms with E-state index >= 15 is 0 Å². The van der Waals surface area contributed by atoms with Crippen molar-refractivity contribution in [3.63, 3.8) is 0 Å². The zero-order chi connectivity index (χ0) is 15.4. The van der Waals surface area contributed by atoms with Gasteiger partial charge in [-0.3, -0.25) is 0 Å². The van der Waals surface area contributed by atoms with Crippen molar-refractivity contribution < 1.29 is 4.90 Å². The molecular weight excluding hydrogens is 270 g/mol. The number of para-hydroxylation sites is 1. The third kappa shape index (κ3) is 3.60. The molecule has 3 heteroatoms. The molecule has 0 aromatic heterocycles. The van der Waals surface area contributed by atoms with Gasteiger partial charge in [0.1, 0.15) is 6.54 Å². The second kappa shape index (κ2) is 6.84. The summed E-state index contributed by atoms with van der Waals surface area (Å²) in [5.74, 6) is 0. The van der Waals surface area contributed by atoms with E-state index in [4.69, 9.17) is 0 Å². The summed E-state index contributed by atoms with van der Waals surface area (Å²) < 4.78 is 0. The summed E-state index contributed by atoms with van der Waals surface area (Å²) in [6, 6.07) is 19.7. The van der Waals surface area contributed by atoms with E-state index in [2.05, 4.69) is 78.5 Å². The molecule has 0 spiro atoms. The van der Waals surface area contributed by atoms with Gasteiger partial charge in [0.15, 0.2) is 0 Å². The first-order chi connectivity index (χ1) is 10.7. The minimum Gasteiger partial charge on any atom is -0.378 e. The average molecular weight is 296 g/mol. The lowest BCUT2D eigenvalue weighted by molar-refractivity contribution is -0.914. The normalized spacial score (nSPS) is 15.8. The standard InChI is InChI=1S/C19H25N3/c1-20(2)18-10-8-17(9-11-18)16-21-12-14-22(15-13-21)19-6-4-3-5-7-19/h3-11H,12-16H2,1-2H3/p+1. The van der Waals surface area contributed by atoms with Gasteiger partial charge in [-0.25, -0.2) is 0 Å². The zero-order valence-corrected chi connectivity index (χ0v) is 13.6. The van der Waals surface area contributed by atoms with Gasteiger partial charge in [-0.2, -0.15) is 0 Å². The molecule has 22 heavy (non-hydrogen) atoms. The SMILES string of the molecule is CN(C)c1ccc(C[NH+]2CCN(c3ccccc3)CC2)cc1. The van der Waals surface area contributed by atoms with Crippen LogP contribution in [-0.4, -0.2) is 40.3 Å². The molecule has 116 valence electrons. The van der Waals surface area contributed by atoms with Crippen molar-refractivity contribution in [3.8, 4) is 0 Å². The Kier molecular flexibility index (Phi) is 4.64. The van der Waals surface area contributed by atoms with Gasteiger partial charge in [0.05, 0.1) is 26.2 Å². The Hall–Kier alpha value is -2.00. The minimum absolute atomic E-state index is 1.14. The second-order valence-electron chi connectivity index (χ2n) is 6.31. The molecule has 0 aliphatic carbocycles. The van der Waals surface area contributed by atoms with Crippen LogP contribution in [0.15, 0.2) is 54.6 Å². The van der Waals surface area contributed by atoms with E-state index < -0.39 is 0 Å². The predicted molar refractivity (Wildman–Crippen MR) is 93.8 cm³/mol. The van der Waals surface area contributed by atoms with Crippen molar-refractivity contribution in [2.24, 2.45) is 0 Å². The molecule has 1 saturated heterocycles. The highest BCUT2D eigenvalue weighted by molar-refractivity contribution is 5.46. The summed E-state index contributed by atoms with van der Waals surface area (Å²) in [6.45, 7) is 5.86. The van der Waals surface area contributed by atoms with Gasteiger partial charge in [0, 0.05) is 31.0 Å². The maximum absolute atomic E-state index is 2.50. The molecule has 1 heterocycles. The zero-order valence-electron chi connectivity index (χ0n) is 13.6. The average Bonchev–Trinajstić information content (AvgIpc) is 2.57. The summed E-state index contributed by atoms with van der Waals surface area (Å²) >= 11 is 0. The van der Waals surface area contributed by atoms with Crippen LogP contribution in [0.5, 0.6) is 0 Å². The molecule has 1 aliphatic heterocycles. The van der Waals surface area contributed by atoms with Gasteiger partial charge in [-0.15, -0.1) is 0 Å². The number of nitrogens with one attached hydrogen (secondary N) is 1. The number of anilines is 2. The fourth-order valence-corrected chi connectivity index (χ4v) is 3.10. The highest BCUT2D eigenvalue weighted by atomic mass is 15.3. The van der Waals surface area contributed by atoms with Crippen LogP contribution in [0.1, 0.15) is 5.56 Å². The molecule has 3 rings (SSSR count).